The Kier molecular flexibility index (Phi) is 4.90. The van der Waals surface area contributed by atoms with E-state index in [1.54, 1.807) is 0 Å². The van der Waals surface area contributed by atoms with Crippen LogP contribution in [-0.2, 0) is 0 Å². The van der Waals surface area contributed by atoms with Gasteiger partial charge >= 0.3 is 0 Å². The van der Waals surface area contributed by atoms with E-state index in [0.29, 0.717) is 0 Å². The summed E-state index contributed by atoms with van der Waals surface area (Å²) in [7, 11) is 0. The van der Waals surface area contributed by atoms with E-state index in [-0.39, 0.29) is 0 Å². The van der Waals surface area contributed by atoms with Crippen molar-refractivity contribution in [2.45, 2.75) is 40.2 Å². The van der Waals surface area contributed by atoms with Crippen molar-refractivity contribution in [2.24, 2.45) is 11.8 Å². The molecule has 1 N–H and O–H groups in total. The van der Waals surface area contributed by atoms with Crippen molar-refractivity contribution in [1.82, 2.24) is 10.2 Å². The Balaban J connectivity index is 2.38. The van der Waals surface area contributed by atoms with E-state index in [2.05, 4.69) is 37.9 Å². The van der Waals surface area contributed by atoms with Crippen LogP contribution >= 0.6 is 0 Å². The van der Waals surface area contributed by atoms with E-state index in [1.165, 1.54) is 32.6 Å². The maximum Gasteiger partial charge on any atom is 0.0244 e. The van der Waals surface area contributed by atoms with E-state index in [0.717, 1.165) is 17.9 Å². The molecular weight excluding hydrogens is 172 g/mol. The van der Waals surface area contributed by atoms with Gasteiger partial charge in [-0.2, -0.15) is 0 Å². The average Bonchev–Trinajstić information content (AvgIpc) is 2.15. The van der Waals surface area contributed by atoms with Crippen LogP contribution in [0.4, 0.5) is 0 Å². The zero-order chi connectivity index (χ0) is 10.6. The highest BCUT2D eigenvalue weighted by Crippen LogP contribution is 2.14. The van der Waals surface area contributed by atoms with E-state index in [4.69, 9.17) is 0 Å². The normalized spacial score (nSPS) is 24.9. The Labute approximate surface area is 89.1 Å². The van der Waals surface area contributed by atoms with Gasteiger partial charge in [-0.15, -0.1) is 0 Å². The highest BCUT2D eigenvalue weighted by Gasteiger charge is 2.24. The first kappa shape index (κ1) is 12.0. The van der Waals surface area contributed by atoms with Crippen LogP contribution in [0.1, 0.15) is 34.1 Å². The van der Waals surface area contributed by atoms with Gasteiger partial charge in [-0.25, -0.2) is 0 Å². The number of nitrogens with one attached hydrogen (secondary N) is 1. The van der Waals surface area contributed by atoms with Crippen LogP contribution in [0.3, 0.4) is 0 Å². The summed E-state index contributed by atoms with van der Waals surface area (Å²) < 4.78 is 0. The lowest BCUT2D eigenvalue weighted by Gasteiger charge is -2.39. The summed E-state index contributed by atoms with van der Waals surface area (Å²) in [5.41, 5.74) is 0. The number of hydrogen-bond donors (Lipinski definition) is 1. The largest absolute Gasteiger partial charge is 0.314 e. The third-order valence-electron chi connectivity index (χ3n) is 3.16. The van der Waals surface area contributed by atoms with Crippen molar-refractivity contribution in [3.8, 4) is 0 Å². The zero-order valence-electron chi connectivity index (χ0n) is 10.2. The van der Waals surface area contributed by atoms with Gasteiger partial charge in [0.1, 0.15) is 0 Å². The molecule has 1 heterocycles. The molecule has 14 heavy (non-hydrogen) atoms. The monoisotopic (exact) mass is 198 g/mol. The molecule has 0 amide bonds. The molecule has 1 aliphatic heterocycles. The van der Waals surface area contributed by atoms with Crippen LogP contribution in [0.15, 0.2) is 0 Å². The minimum absolute atomic E-state index is 0.752. The molecule has 84 valence electrons. The van der Waals surface area contributed by atoms with Crippen LogP contribution in [0, 0.1) is 11.8 Å². The SMILES string of the molecule is CC(C)CCN1CCNCC1C(C)C. The molecule has 2 nitrogen and oxygen atoms in total. The van der Waals surface area contributed by atoms with Gasteiger partial charge in [0.15, 0.2) is 0 Å². The molecule has 0 radical (unpaired) electrons. The lowest BCUT2D eigenvalue weighted by Crippen LogP contribution is -2.53. The predicted molar refractivity (Wildman–Crippen MR) is 62.5 cm³/mol. The van der Waals surface area contributed by atoms with Gasteiger partial charge in [0.25, 0.3) is 0 Å². The number of rotatable bonds is 4. The fraction of sp³-hybridized carbons (Fsp3) is 1.00. The standard InChI is InChI=1S/C12H26N2/c1-10(2)5-7-14-8-6-13-9-12(14)11(3)4/h10-13H,5-9H2,1-4H3. The van der Waals surface area contributed by atoms with Gasteiger partial charge in [0.2, 0.25) is 0 Å². The molecule has 1 unspecified atom stereocenters. The van der Waals surface area contributed by atoms with Crippen molar-refractivity contribution in [3.05, 3.63) is 0 Å². The molecule has 1 rings (SSSR count). The summed E-state index contributed by atoms with van der Waals surface area (Å²) in [4.78, 5) is 2.67. The van der Waals surface area contributed by atoms with Gasteiger partial charge in [-0.3, -0.25) is 4.90 Å². The fourth-order valence-electron chi connectivity index (χ4n) is 2.13. The third kappa shape index (κ3) is 3.58. The second kappa shape index (κ2) is 5.72. The fourth-order valence-corrected chi connectivity index (χ4v) is 2.13. The molecule has 0 spiro atoms. The molecule has 0 saturated carbocycles. The van der Waals surface area contributed by atoms with Gasteiger partial charge < -0.3 is 5.32 Å². The Hall–Kier alpha value is -0.0800. The van der Waals surface area contributed by atoms with Crippen LogP contribution < -0.4 is 5.32 Å². The van der Waals surface area contributed by atoms with E-state index in [9.17, 15) is 0 Å². The summed E-state index contributed by atoms with van der Waals surface area (Å²) in [5, 5.41) is 3.49. The smallest absolute Gasteiger partial charge is 0.0244 e. The summed E-state index contributed by atoms with van der Waals surface area (Å²) in [6.45, 7) is 14.1. The Bertz CT molecular complexity index is 154. The Morgan fingerprint density at radius 3 is 2.57 bits per heavy atom. The number of hydrogen-bond acceptors (Lipinski definition) is 2. The molecule has 0 aliphatic carbocycles. The predicted octanol–water partition coefficient (Wildman–Crippen LogP) is 1.96. The molecule has 2 heteroatoms. The molecule has 1 saturated heterocycles. The molecule has 0 aromatic carbocycles. The zero-order valence-corrected chi connectivity index (χ0v) is 10.2. The maximum absolute atomic E-state index is 3.49. The number of piperazine rings is 1. The van der Waals surface area contributed by atoms with E-state index < -0.39 is 0 Å². The number of nitrogens with zero attached hydrogens (tertiary/aromatic N) is 1. The first-order valence-electron chi connectivity index (χ1n) is 6.06. The topological polar surface area (TPSA) is 15.3 Å². The average molecular weight is 198 g/mol. The molecule has 0 bridgehead atoms. The van der Waals surface area contributed by atoms with Crippen molar-refractivity contribution in [1.29, 1.82) is 0 Å². The van der Waals surface area contributed by atoms with Crippen molar-refractivity contribution in [3.63, 3.8) is 0 Å². The first-order valence-corrected chi connectivity index (χ1v) is 6.06. The summed E-state index contributed by atoms with van der Waals surface area (Å²) in [6, 6.07) is 0.752. The van der Waals surface area contributed by atoms with Gasteiger partial charge in [-0.1, -0.05) is 27.7 Å². The van der Waals surface area contributed by atoms with Crippen LogP contribution in [0.25, 0.3) is 0 Å². The van der Waals surface area contributed by atoms with Crippen molar-refractivity contribution in [2.75, 3.05) is 26.2 Å². The van der Waals surface area contributed by atoms with E-state index in [1.807, 2.05) is 0 Å². The molecule has 0 aromatic rings. The lowest BCUT2D eigenvalue weighted by atomic mass is 9.99. The Morgan fingerprint density at radius 2 is 2.00 bits per heavy atom. The maximum atomic E-state index is 3.49. The van der Waals surface area contributed by atoms with Crippen LogP contribution in [-0.4, -0.2) is 37.1 Å². The van der Waals surface area contributed by atoms with Crippen LogP contribution in [0.2, 0.25) is 0 Å². The van der Waals surface area contributed by atoms with Gasteiger partial charge in [0.05, 0.1) is 0 Å². The van der Waals surface area contributed by atoms with Crippen molar-refractivity contribution >= 4 is 0 Å². The molecular formula is C12H26N2. The minimum atomic E-state index is 0.752. The molecule has 1 atom stereocenters. The van der Waals surface area contributed by atoms with E-state index >= 15 is 0 Å². The summed E-state index contributed by atoms with van der Waals surface area (Å²) >= 11 is 0. The summed E-state index contributed by atoms with van der Waals surface area (Å²) in [5.74, 6) is 1.60. The molecule has 1 fully saturated rings. The Morgan fingerprint density at radius 1 is 1.29 bits per heavy atom. The first-order chi connectivity index (χ1) is 6.61. The second-order valence-electron chi connectivity index (χ2n) is 5.23. The minimum Gasteiger partial charge on any atom is -0.314 e. The van der Waals surface area contributed by atoms with Gasteiger partial charge in [-0.05, 0) is 24.8 Å². The molecule has 1 aliphatic rings. The highest BCUT2D eigenvalue weighted by molar-refractivity contribution is 4.81. The second-order valence-corrected chi connectivity index (χ2v) is 5.23. The third-order valence-corrected chi connectivity index (χ3v) is 3.16. The summed E-state index contributed by atoms with van der Waals surface area (Å²) in [6.07, 6.45) is 1.34. The lowest BCUT2D eigenvalue weighted by molar-refractivity contribution is 0.119. The molecule has 0 aromatic heterocycles. The quantitative estimate of drug-likeness (QED) is 0.743. The van der Waals surface area contributed by atoms with Crippen molar-refractivity contribution < 1.29 is 0 Å². The highest BCUT2D eigenvalue weighted by atomic mass is 15.2. The van der Waals surface area contributed by atoms with Crippen LogP contribution in [0.5, 0.6) is 0 Å². The van der Waals surface area contributed by atoms with Gasteiger partial charge in [0, 0.05) is 25.7 Å².